The third-order valence-electron chi connectivity index (χ3n) is 2.82. The summed E-state index contributed by atoms with van der Waals surface area (Å²) in [5.74, 6) is 0. The van der Waals surface area contributed by atoms with E-state index in [9.17, 15) is 8.42 Å². The number of halogens is 1. The highest BCUT2D eigenvalue weighted by Gasteiger charge is 2.14. The van der Waals surface area contributed by atoms with Crippen molar-refractivity contribution < 1.29 is 8.42 Å². The molecule has 0 atom stereocenters. The molecule has 6 heteroatoms. The molecule has 21 heavy (non-hydrogen) atoms. The predicted octanol–water partition coefficient (Wildman–Crippen LogP) is 3.96. The molecule has 0 aliphatic rings. The van der Waals surface area contributed by atoms with E-state index in [0.29, 0.717) is 10.7 Å². The first-order valence-corrected chi connectivity index (χ1v) is 8.50. The van der Waals surface area contributed by atoms with E-state index in [0.717, 1.165) is 18.7 Å². The van der Waals surface area contributed by atoms with Crippen LogP contribution in [-0.2, 0) is 10.0 Å². The Morgan fingerprint density at radius 3 is 2.38 bits per heavy atom. The normalized spacial score (nSPS) is 11.1. The molecule has 0 saturated carbocycles. The maximum Gasteiger partial charge on any atom is 0.261 e. The average molecular weight is 325 g/mol. The average Bonchev–Trinajstić information content (AvgIpc) is 2.45. The van der Waals surface area contributed by atoms with Crippen molar-refractivity contribution in [1.29, 1.82) is 0 Å². The number of hydrogen-bond acceptors (Lipinski definition) is 3. The number of rotatable bonds is 6. The number of sulfonamides is 1. The molecule has 4 nitrogen and oxygen atoms in total. The lowest BCUT2D eigenvalue weighted by Crippen LogP contribution is -2.13. The molecular weight excluding hydrogens is 308 g/mol. The molecule has 2 rings (SSSR count). The highest BCUT2D eigenvalue weighted by Crippen LogP contribution is 2.20. The zero-order valence-corrected chi connectivity index (χ0v) is 13.2. The zero-order valence-electron chi connectivity index (χ0n) is 11.6. The monoisotopic (exact) mass is 324 g/mol. The molecule has 0 radical (unpaired) electrons. The van der Waals surface area contributed by atoms with Crippen molar-refractivity contribution in [3.05, 3.63) is 53.6 Å². The number of hydrogen-bond donors (Lipinski definition) is 2. The second kappa shape index (κ2) is 6.83. The molecular formula is C15H17ClN2O2S. The van der Waals surface area contributed by atoms with Crippen LogP contribution in [0.4, 0.5) is 11.4 Å². The van der Waals surface area contributed by atoms with E-state index < -0.39 is 10.0 Å². The number of nitrogens with one attached hydrogen (secondary N) is 2. The minimum atomic E-state index is -3.60. The fourth-order valence-electron chi connectivity index (χ4n) is 1.79. The summed E-state index contributed by atoms with van der Waals surface area (Å²) in [7, 11) is -3.60. The Morgan fingerprint density at radius 2 is 1.76 bits per heavy atom. The van der Waals surface area contributed by atoms with E-state index in [1.807, 2.05) is 0 Å². The summed E-state index contributed by atoms with van der Waals surface area (Å²) in [4.78, 5) is 0.213. The van der Waals surface area contributed by atoms with Gasteiger partial charge in [-0.25, -0.2) is 8.42 Å². The predicted molar refractivity (Wildman–Crippen MR) is 87.5 cm³/mol. The van der Waals surface area contributed by atoms with Gasteiger partial charge in [-0.05, 0) is 48.9 Å². The second-order valence-corrected chi connectivity index (χ2v) is 6.69. The minimum absolute atomic E-state index is 0.213. The van der Waals surface area contributed by atoms with E-state index in [4.69, 9.17) is 11.6 Å². The fourth-order valence-corrected chi connectivity index (χ4v) is 3.03. The summed E-state index contributed by atoms with van der Waals surface area (Å²) in [6.07, 6.45) is 1.01. The summed E-state index contributed by atoms with van der Waals surface area (Å²) >= 11 is 5.85. The molecule has 0 aliphatic carbocycles. The van der Waals surface area contributed by atoms with Crippen molar-refractivity contribution in [3.8, 4) is 0 Å². The molecule has 0 amide bonds. The van der Waals surface area contributed by atoms with Crippen LogP contribution in [0, 0.1) is 0 Å². The smallest absolute Gasteiger partial charge is 0.261 e. The van der Waals surface area contributed by atoms with Crippen LogP contribution in [0.1, 0.15) is 13.3 Å². The van der Waals surface area contributed by atoms with Crippen LogP contribution in [0.25, 0.3) is 0 Å². The van der Waals surface area contributed by atoms with E-state index in [2.05, 4.69) is 17.0 Å². The van der Waals surface area contributed by atoms with Crippen LogP contribution in [0.15, 0.2) is 53.4 Å². The Morgan fingerprint density at radius 1 is 1.05 bits per heavy atom. The van der Waals surface area contributed by atoms with Crippen molar-refractivity contribution in [2.24, 2.45) is 0 Å². The van der Waals surface area contributed by atoms with Crippen molar-refractivity contribution in [3.63, 3.8) is 0 Å². The van der Waals surface area contributed by atoms with Crippen LogP contribution < -0.4 is 10.0 Å². The van der Waals surface area contributed by atoms with Gasteiger partial charge in [0, 0.05) is 17.3 Å². The van der Waals surface area contributed by atoms with Crippen molar-refractivity contribution in [2.45, 2.75) is 18.2 Å². The molecule has 0 fully saturated rings. The Balaban J connectivity index is 2.15. The summed E-state index contributed by atoms with van der Waals surface area (Å²) < 4.78 is 27.0. The van der Waals surface area contributed by atoms with E-state index in [1.54, 1.807) is 48.5 Å². The third kappa shape index (κ3) is 4.37. The van der Waals surface area contributed by atoms with Gasteiger partial charge in [-0.2, -0.15) is 0 Å². The van der Waals surface area contributed by atoms with Gasteiger partial charge in [-0.3, -0.25) is 4.72 Å². The molecule has 112 valence electrons. The highest BCUT2D eigenvalue weighted by molar-refractivity contribution is 7.92. The number of benzene rings is 2. The maximum absolute atomic E-state index is 12.3. The molecule has 0 aromatic heterocycles. The lowest BCUT2D eigenvalue weighted by Gasteiger charge is -2.09. The van der Waals surface area contributed by atoms with Crippen LogP contribution in [0.3, 0.4) is 0 Å². The van der Waals surface area contributed by atoms with Gasteiger partial charge in [-0.15, -0.1) is 0 Å². The van der Waals surface area contributed by atoms with Gasteiger partial charge < -0.3 is 5.32 Å². The maximum atomic E-state index is 12.3. The van der Waals surface area contributed by atoms with Crippen LogP contribution >= 0.6 is 11.6 Å². The standard InChI is InChI=1S/C15H17ClN2O2S/c1-2-10-17-13-6-8-15(9-7-13)21(19,20)18-14-5-3-4-12(16)11-14/h3-9,11,17-18H,2,10H2,1H3. The molecule has 0 unspecified atom stereocenters. The lowest BCUT2D eigenvalue weighted by molar-refractivity contribution is 0.601. The lowest BCUT2D eigenvalue weighted by atomic mass is 10.3. The number of anilines is 2. The first-order valence-electron chi connectivity index (χ1n) is 6.63. The summed E-state index contributed by atoms with van der Waals surface area (Å²) in [5, 5.41) is 3.68. The molecule has 2 aromatic carbocycles. The minimum Gasteiger partial charge on any atom is -0.385 e. The van der Waals surface area contributed by atoms with E-state index in [1.165, 1.54) is 0 Å². The summed E-state index contributed by atoms with van der Waals surface area (Å²) in [6.45, 7) is 2.92. The Kier molecular flexibility index (Phi) is 5.09. The van der Waals surface area contributed by atoms with E-state index >= 15 is 0 Å². The molecule has 0 bridgehead atoms. The first kappa shape index (κ1) is 15.7. The van der Waals surface area contributed by atoms with Crippen LogP contribution in [0.5, 0.6) is 0 Å². The molecule has 0 spiro atoms. The zero-order chi connectivity index (χ0) is 15.3. The van der Waals surface area contributed by atoms with Gasteiger partial charge in [0.05, 0.1) is 10.6 Å². The summed E-state index contributed by atoms with van der Waals surface area (Å²) in [5.41, 5.74) is 1.34. The Hall–Kier alpha value is -1.72. The molecule has 0 heterocycles. The topological polar surface area (TPSA) is 58.2 Å². The van der Waals surface area contributed by atoms with Crippen LogP contribution in [-0.4, -0.2) is 15.0 Å². The van der Waals surface area contributed by atoms with Crippen molar-refractivity contribution in [2.75, 3.05) is 16.6 Å². The first-order chi connectivity index (χ1) is 10.0. The second-order valence-electron chi connectivity index (χ2n) is 4.57. The molecule has 0 saturated heterocycles. The third-order valence-corrected chi connectivity index (χ3v) is 4.45. The Bertz CT molecular complexity index is 700. The SMILES string of the molecule is CCCNc1ccc(S(=O)(=O)Nc2cccc(Cl)c2)cc1. The van der Waals surface area contributed by atoms with Gasteiger partial charge in [0.2, 0.25) is 0 Å². The van der Waals surface area contributed by atoms with Crippen LogP contribution in [0.2, 0.25) is 5.02 Å². The van der Waals surface area contributed by atoms with Crippen molar-refractivity contribution in [1.82, 2.24) is 0 Å². The van der Waals surface area contributed by atoms with Crippen molar-refractivity contribution >= 4 is 33.0 Å². The summed E-state index contributed by atoms with van der Waals surface area (Å²) in [6, 6.07) is 13.3. The molecule has 0 aliphatic heterocycles. The molecule has 2 N–H and O–H groups in total. The quantitative estimate of drug-likeness (QED) is 0.845. The fraction of sp³-hybridized carbons (Fsp3) is 0.200. The van der Waals surface area contributed by atoms with E-state index in [-0.39, 0.29) is 4.90 Å². The van der Waals surface area contributed by atoms with Gasteiger partial charge in [0.15, 0.2) is 0 Å². The highest BCUT2D eigenvalue weighted by atomic mass is 35.5. The van der Waals surface area contributed by atoms with Gasteiger partial charge >= 0.3 is 0 Å². The van der Waals surface area contributed by atoms with Gasteiger partial charge in [-0.1, -0.05) is 24.6 Å². The van der Waals surface area contributed by atoms with Gasteiger partial charge in [0.1, 0.15) is 0 Å². The van der Waals surface area contributed by atoms with Gasteiger partial charge in [0.25, 0.3) is 10.0 Å². The largest absolute Gasteiger partial charge is 0.385 e. The Labute approximate surface area is 130 Å². The molecule has 2 aromatic rings.